The Bertz CT molecular complexity index is 1370. The molecule has 2 N–H and O–H groups in total. The van der Waals surface area contributed by atoms with Gasteiger partial charge in [-0.15, -0.1) is 11.3 Å². The van der Waals surface area contributed by atoms with Gasteiger partial charge in [0.05, 0.1) is 16.3 Å². The Kier molecular flexibility index (Phi) is 5.72. The van der Waals surface area contributed by atoms with Crippen molar-refractivity contribution in [3.05, 3.63) is 70.6 Å². The number of carbonyl (C=O) groups is 2. The zero-order chi connectivity index (χ0) is 24.0. The van der Waals surface area contributed by atoms with Crippen LogP contribution in [0.5, 0.6) is 0 Å². The highest BCUT2D eigenvalue weighted by Crippen LogP contribution is 2.41. The summed E-state index contributed by atoms with van der Waals surface area (Å²) in [4.78, 5) is 27.0. The van der Waals surface area contributed by atoms with Crippen LogP contribution in [-0.4, -0.2) is 21.6 Å². The molecule has 5 nitrogen and oxygen atoms in total. The number of hydrogen-bond donors (Lipinski definition) is 2. The Morgan fingerprint density at radius 2 is 1.71 bits per heavy atom. The molecule has 0 bridgehead atoms. The summed E-state index contributed by atoms with van der Waals surface area (Å²) in [6.45, 7) is 3.86. The van der Waals surface area contributed by atoms with E-state index in [1.165, 1.54) is 22.2 Å². The van der Waals surface area contributed by atoms with Gasteiger partial charge in [0.2, 0.25) is 0 Å². The van der Waals surface area contributed by atoms with Crippen LogP contribution in [0.4, 0.5) is 0 Å². The van der Waals surface area contributed by atoms with Crippen LogP contribution in [0.25, 0.3) is 21.1 Å². The van der Waals surface area contributed by atoms with E-state index in [0.717, 1.165) is 51.9 Å². The van der Waals surface area contributed by atoms with Crippen LogP contribution in [0.15, 0.2) is 54.6 Å². The van der Waals surface area contributed by atoms with Gasteiger partial charge in [0.15, 0.2) is 0 Å². The molecule has 1 saturated carbocycles. The molecular formula is C28H30N2O3S. The van der Waals surface area contributed by atoms with Crippen LogP contribution in [-0.2, 0) is 17.4 Å². The van der Waals surface area contributed by atoms with E-state index < -0.39 is 17.4 Å². The molecule has 0 spiro atoms. The number of benzene rings is 2. The number of para-hydroxylation sites is 1. The standard InChI is InChI=1S/C28H30N2O3S/c1-17(2)24(27(32)33)18-10-12-19(13-11-18)28(14-6-7-15-28)29-25(31)23-16-21-20-8-4-5-9-22(20)30(3)26(21)34-23/h4-5,8-13,16-17,24H,6-7,14-15H2,1-3H3,(H,29,31)(H,32,33). The molecule has 1 aliphatic carbocycles. The summed E-state index contributed by atoms with van der Waals surface area (Å²) in [7, 11) is 2.05. The molecule has 2 heterocycles. The van der Waals surface area contributed by atoms with Crippen molar-refractivity contribution in [2.45, 2.75) is 51.0 Å². The van der Waals surface area contributed by atoms with E-state index in [1.54, 1.807) is 0 Å². The quantitative estimate of drug-likeness (QED) is 0.339. The molecule has 1 aliphatic rings. The smallest absolute Gasteiger partial charge is 0.311 e. The van der Waals surface area contributed by atoms with E-state index in [-0.39, 0.29) is 11.8 Å². The number of aliphatic carboxylic acids is 1. The molecular weight excluding hydrogens is 444 g/mol. The van der Waals surface area contributed by atoms with Gasteiger partial charge in [0.25, 0.3) is 5.91 Å². The molecule has 2 aromatic heterocycles. The highest BCUT2D eigenvalue weighted by atomic mass is 32.1. The second kappa shape index (κ2) is 8.58. The number of rotatable bonds is 6. The molecule has 2 aromatic carbocycles. The van der Waals surface area contributed by atoms with Gasteiger partial charge >= 0.3 is 5.97 Å². The lowest BCUT2D eigenvalue weighted by molar-refractivity contribution is -0.139. The first-order chi connectivity index (χ1) is 16.3. The molecule has 5 rings (SSSR count). The number of carboxylic acids is 1. The van der Waals surface area contributed by atoms with Gasteiger partial charge in [-0.25, -0.2) is 0 Å². The van der Waals surface area contributed by atoms with Crippen LogP contribution in [0.2, 0.25) is 0 Å². The fourth-order valence-electron chi connectivity index (χ4n) is 5.60. The fraction of sp³-hybridized carbons (Fsp3) is 0.357. The Balaban J connectivity index is 1.45. The van der Waals surface area contributed by atoms with Crippen molar-refractivity contribution in [3.63, 3.8) is 0 Å². The summed E-state index contributed by atoms with van der Waals surface area (Å²) in [6, 6.07) is 18.2. The number of hydrogen-bond acceptors (Lipinski definition) is 3. The molecule has 0 radical (unpaired) electrons. The molecule has 4 aromatic rings. The van der Waals surface area contributed by atoms with Crippen LogP contribution in [0.3, 0.4) is 0 Å². The lowest BCUT2D eigenvalue weighted by Crippen LogP contribution is -2.43. The third kappa shape index (κ3) is 3.70. The maximum atomic E-state index is 13.5. The maximum absolute atomic E-state index is 13.5. The molecule has 6 heteroatoms. The molecule has 1 atom stereocenters. The number of carboxylic acid groups (broad SMARTS) is 1. The molecule has 1 fully saturated rings. The predicted octanol–water partition coefficient (Wildman–Crippen LogP) is 6.42. The number of amides is 1. The highest BCUT2D eigenvalue weighted by molar-refractivity contribution is 7.20. The SMILES string of the molecule is CC(C)C(C(=O)O)c1ccc(C2(NC(=O)c3cc4c5ccccc5n(C)c4s3)CCCC2)cc1. The van der Waals surface area contributed by atoms with Crippen molar-refractivity contribution in [2.75, 3.05) is 0 Å². The second-order valence-electron chi connectivity index (χ2n) is 9.83. The minimum absolute atomic E-state index is 0.00698. The first kappa shape index (κ1) is 22.7. The number of aromatic nitrogens is 1. The third-order valence-corrected chi connectivity index (χ3v) is 8.57. The number of thiophene rings is 1. The van der Waals surface area contributed by atoms with Crippen LogP contribution in [0.1, 0.15) is 66.2 Å². The van der Waals surface area contributed by atoms with E-state index in [0.29, 0.717) is 0 Å². The summed E-state index contributed by atoms with van der Waals surface area (Å²) in [5.41, 5.74) is 2.62. The minimum atomic E-state index is -0.802. The van der Waals surface area contributed by atoms with Crippen molar-refractivity contribution in [3.8, 4) is 0 Å². The largest absolute Gasteiger partial charge is 0.481 e. The molecule has 34 heavy (non-hydrogen) atoms. The average Bonchev–Trinajstić information content (AvgIpc) is 3.52. The van der Waals surface area contributed by atoms with Crippen LogP contribution < -0.4 is 5.32 Å². The zero-order valence-electron chi connectivity index (χ0n) is 19.8. The monoisotopic (exact) mass is 474 g/mol. The maximum Gasteiger partial charge on any atom is 0.311 e. The van der Waals surface area contributed by atoms with Gasteiger partial charge in [-0.2, -0.15) is 0 Å². The van der Waals surface area contributed by atoms with Crippen molar-refractivity contribution in [1.29, 1.82) is 0 Å². The van der Waals surface area contributed by atoms with Crippen LogP contribution in [0, 0.1) is 5.92 Å². The minimum Gasteiger partial charge on any atom is -0.481 e. The molecule has 1 unspecified atom stereocenters. The Morgan fingerprint density at radius 3 is 2.35 bits per heavy atom. The van der Waals surface area contributed by atoms with E-state index in [2.05, 4.69) is 22.0 Å². The van der Waals surface area contributed by atoms with Crippen molar-refractivity contribution in [1.82, 2.24) is 9.88 Å². The van der Waals surface area contributed by atoms with Gasteiger partial charge in [-0.05, 0) is 42.0 Å². The van der Waals surface area contributed by atoms with Crippen molar-refractivity contribution in [2.24, 2.45) is 13.0 Å². The van der Waals surface area contributed by atoms with Gasteiger partial charge < -0.3 is 15.0 Å². The summed E-state index contributed by atoms with van der Waals surface area (Å²) in [6.07, 6.45) is 3.89. The summed E-state index contributed by atoms with van der Waals surface area (Å²) in [5.74, 6) is -1.37. The van der Waals surface area contributed by atoms with Gasteiger partial charge in [0.1, 0.15) is 4.83 Å². The van der Waals surface area contributed by atoms with Gasteiger partial charge in [-0.1, -0.05) is 69.2 Å². The molecule has 0 aliphatic heterocycles. The number of nitrogens with zero attached hydrogens (tertiary/aromatic N) is 1. The normalized spacial score (nSPS) is 16.4. The molecule has 0 saturated heterocycles. The van der Waals surface area contributed by atoms with Gasteiger partial charge in [0, 0.05) is 23.3 Å². The lowest BCUT2D eigenvalue weighted by atomic mass is 9.84. The third-order valence-electron chi connectivity index (χ3n) is 7.36. The number of aryl methyl sites for hydroxylation is 1. The van der Waals surface area contributed by atoms with E-state index in [1.807, 2.05) is 63.4 Å². The van der Waals surface area contributed by atoms with E-state index in [4.69, 9.17) is 0 Å². The number of nitrogens with one attached hydrogen (secondary N) is 1. The first-order valence-corrected chi connectivity index (χ1v) is 12.7. The average molecular weight is 475 g/mol. The summed E-state index contributed by atoms with van der Waals surface area (Å²) >= 11 is 1.53. The molecule has 1 amide bonds. The highest BCUT2D eigenvalue weighted by Gasteiger charge is 2.38. The summed E-state index contributed by atoms with van der Waals surface area (Å²) < 4.78 is 2.16. The lowest BCUT2D eigenvalue weighted by Gasteiger charge is -2.31. The first-order valence-electron chi connectivity index (χ1n) is 11.9. The fourth-order valence-corrected chi connectivity index (χ4v) is 6.65. The zero-order valence-corrected chi connectivity index (χ0v) is 20.6. The van der Waals surface area contributed by atoms with Crippen LogP contribution >= 0.6 is 11.3 Å². The Morgan fingerprint density at radius 1 is 1.03 bits per heavy atom. The van der Waals surface area contributed by atoms with E-state index >= 15 is 0 Å². The predicted molar refractivity (Wildman–Crippen MR) is 138 cm³/mol. The van der Waals surface area contributed by atoms with Gasteiger partial charge in [-0.3, -0.25) is 9.59 Å². The number of fused-ring (bicyclic) bond motifs is 3. The Labute approximate surface area is 203 Å². The Hall–Kier alpha value is -3.12. The number of carbonyl (C=O) groups excluding carboxylic acids is 1. The topological polar surface area (TPSA) is 71.3 Å². The molecule has 176 valence electrons. The summed E-state index contributed by atoms with van der Waals surface area (Å²) in [5, 5.41) is 15.3. The van der Waals surface area contributed by atoms with Crippen molar-refractivity contribution >= 4 is 44.3 Å². The van der Waals surface area contributed by atoms with E-state index in [9.17, 15) is 14.7 Å². The second-order valence-corrected chi connectivity index (χ2v) is 10.9. The van der Waals surface area contributed by atoms with Crippen molar-refractivity contribution < 1.29 is 14.7 Å².